The highest BCUT2D eigenvalue weighted by Gasteiger charge is 2.62. The normalized spacial score (nSPS) is 41.3. The molecule has 1 amide bonds. The van der Waals surface area contributed by atoms with Crippen molar-refractivity contribution in [3.8, 4) is 0 Å². The van der Waals surface area contributed by atoms with E-state index in [0.717, 1.165) is 57.8 Å². The lowest BCUT2D eigenvalue weighted by Crippen LogP contribution is -2.64. The summed E-state index contributed by atoms with van der Waals surface area (Å²) in [5, 5.41) is 3.82. The fraction of sp³-hybridized carbons (Fsp3) is 0.710. The zero-order chi connectivity index (χ0) is 27.6. The van der Waals surface area contributed by atoms with Crippen LogP contribution >= 0.6 is 24.0 Å². The number of ether oxygens (including phenoxy) is 2. The summed E-state index contributed by atoms with van der Waals surface area (Å²) in [4.78, 5) is 37.1. The SMILES string of the molecule is COC(=O)C12CC3CC(CC(N)(C3)C1)C2.COC(=O)C12CC3CC(CC(NC(=O)c4cccc(Cl)c4)(C3)C1)C2.Cl. The van der Waals surface area contributed by atoms with E-state index in [-0.39, 0.29) is 46.7 Å². The van der Waals surface area contributed by atoms with Crippen molar-refractivity contribution in [3.05, 3.63) is 34.9 Å². The second-order valence-corrected chi connectivity index (χ2v) is 14.5. The first-order valence-corrected chi connectivity index (χ1v) is 14.9. The molecule has 0 aliphatic heterocycles. The molecular weight excluding hydrogens is 551 g/mol. The van der Waals surface area contributed by atoms with Gasteiger partial charge >= 0.3 is 11.9 Å². The van der Waals surface area contributed by atoms with Crippen LogP contribution in [-0.4, -0.2) is 43.1 Å². The number of nitrogens with one attached hydrogen (secondary N) is 1. The predicted molar refractivity (Wildman–Crippen MR) is 154 cm³/mol. The predicted octanol–water partition coefficient (Wildman–Crippen LogP) is 5.46. The molecule has 8 aliphatic carbocycles. The van der Waals surface area contributed by atoms with Crippen LogP contribution in [0.4, 0.5) is 0 Å². The summed E-state index contributed by atoms with van der Waals surface area (Å²) >= 11 is 6.01. The lowest BCUT2D eigenvalue weighted by atomic mass is 9.47. The highest BCUT2D eigenvalue weighted by atomic mass is 35.5. The van der Waals surface area contributed by atoms with Gasteiger partial charge in [0.2, 0.25) is 0 Å². The summed E-state index contributed by atoms with van der Waals surface area (Å²) in [6.07, 6.45) is 12.1. The van der Waals surface area contributed by atoms with Crippen molar-refractivity contribution in [1.29, 1.82) is 0 Å². The number of benzene rings is 1. The molecule has 0 aromatic heterocycles. The molecule has 1 aromatic carbocycles. The number of methoxy groups -OCH3 is 2. The average Bonchev–Trinajstić information content (AvgIpc) is 2.85. The van der Waals surface area contributed by atoms with Crippen molar-refractivity contribution in [2.24, 2.45) is 40.2 Å². The summed E-state index contributed by atoms with van der Waals surface area (Å²) in [5.41, 5.74) is 6.01. The van der Waals surface area contributed by atoms with Crippen LogP contribution < -0.4 is 11.1 Å². The first-order valence-electron chi connectivity index (χ1n) is 14.5. The van der Waals surface area contributed by atoms with Crippen molar-refractivity contribution in [3.63, 3.8) is 0 Å². The van der Waals surface area contributed by atoms with E-state index in [2.05, 4.69) is 5.32 Å². The van der Waals surface area contributed by atoms with E-state index in [0.29, 0.717) is 40.7 Å². The Labute approximate surface area is 248 Å². The molecule has 8 fully saturated rings. The Balaban J connectivity index is 0.000000174. The second kappa shape index (κ2) is 10.5. The molecule has 4 atom stereocenters. The Morgan fingerprint density at radius 2 is 1.32 bits per heavy atom. The Morgan fingerprint density at radius 3 is 1.80 bits per heavy atom. The molecule has 40 heavy (non-hydrogen) atoms. The van der Waals surface area contributed by atoms with E-state index < -0.39 is 5.41 Å². The number of hydrogen-bond donors (Lipinski definition) is 2. The van der Waals surface area contributed by atoms with E-state index in [1.807, 2.05) is 0 Å². The lowest BCUT2D eigenvalue weighted by Gasteiger charge is -2.60. The summed E-state index contributed by atoms with van der Waals surface area (Å²) in [6.45, 7) is 0. The Morgan fingerprint density at radius 1 is 0.825 bits per heavy atom. The van der Waals surface area contributed by atoms with Gasteiger partial charge in [0, 0.05) is 21.7 Å². The van der Waals surface area contributed by atoms with Crippen LogP contribution in [-0.2, 0) is 19.1 Å². The topological polar surface area (TPSA) is 108 Å². The molecule has 8 saturated carbocycles. The minimum atomic E-state index is -0.402. The van der Waals surface area contributed by atoms with Crippen LogP contribution in [0.15, 0.2) is 24.3 Å². The number of carbonyl (C=O) groups excluding carboxylic acids is 3. The highest BCUT2D eigenvalue weighted by molar-refractivity contribution is 6.31. The number of carbonyl (C=O) groups is 3. The van der Waals surface area contributed by atoms with Gasteiger partial charge in [-0.05, 0) is 119 Å². The molecule has 0 spiro atoms. The van der Waals surface area contributed by atoms with Gasteiger partial charge in [-0.2, -0.15) is 0 Å². The molecule has 7 nitrogen and oxygen atoms in total. The van der Waals surface area contributed by atoms with Gasteiger partial charge < -0.3 is 20.5 Å². The molecule has 0 radical (unpaired) electrons. The number of nitrogens with two attached hydrogens (primary N) is 1. The fourth-order valence-corrected chi connectivity index (χ4v) is 10.8. The van der Waals surface area contributed by atoms with Gasteiger partial charge in [0.25, 0.3) is 5.91 Å². The number of amides is 1. The number of esters is 2. The maximum Gasteiger partial charge on any atom is 0.311 e. The number of hydrogen-bond acceptors (Lipinski definition) is 6. The largest absolute Gasteiger partial charge is 0.469 e. The van der Waals surface area contributed by atoms with Gasteiger partial charge in [0.05, 0.1) is 25.0 Å². The molecule has 3 N–H and O–H groups in total. The van der Waals surface area contributed by atoms with Crippen LogP contribution in [0.3, 0.4) is 0 Å². The van der Waals surface area contributed by atoms with Gasteiger partial charge in [-0.3, -0.25) is 14.4 Å². The van der Waals surface area contributed by atoms with Crippen LogP contribution in [0, 0.1) is 34.5 Å². The third-order valence-electron chi connectivity index (χ3n) is 10.9. The van der Waals surface area contributed by atoms with Gasteiger partial charge in [-0.25, -0.2) is 0 Å². The van der Waals surface area contributed by atoms with Crippen molar-refractivity contribution >= 4 is 41.9 Å². The van der Waals surface area contributed by atoms with Crippen molar-refractivity contribution < 1.29 is 23.9 Å². The summed E-state index contributed by atoms with van der Waals surface area (Å²) in [5.74, 6) is 2.16. The zero-order valence-electron chi connectivity index (χ0n) is 23.5. The standard InChI is InChI=1S/C19H22ClNO3.C12H19NO2.ClH/c1-24-17(23)18-7-12-5-13(8-18)10-19(9-12,11-18)21-16(22)14-3-2-4-15(20)6-14;1-15-10(14)11-3-8-2-9(4-11)6-12(13,5-8)7-11;/h2-4,6,12-13H,5,7-11H2,1H3,(H,21,22);8-9H,2-7,13H2,1H3;1H. The van der Waals surface area contributed by atoms with Crippen molar-refractivity contribution in [2.75, 3.05) is 14.2 Å². The quantitative estimate of drug-likeness (QED) is 0.449. The minimum Gasteiger partial charge on any atom is -0.469 e. The molecule has 9 heteroatoms. The molecule has 8 aliphatic rings. The summed E-state index contributed by atoms with van der Waals surface area (Å²) in [7, 11) is 2.97. The smallest absolute Gasteiger partial charge is 0.311 e. The number of rotatable bonds is 4. The molecule has 8 bridgehead atoms. The van der Waals surface area contributed by atoms with E-state index in [9.17, 15) is 14.4 Å². The zero-order valence-corrected chi connectivity index (χ0v) is 25.1. The lowest BCUT2D eigenvalue weighted by molar-refractivity contribution is -0.171. The summed E-state index contributed by atoms with van der Waals surface area (Å²) in [6, 6.07) is 7.01. The van der Waals surface area contributed by atoms with Crippen LogP contribution in [0.1, 0.15) is 87.4 Å². The Bertz CT molecular complexity index is 1160. The number of halogens is 2. The van der Waals surface area contributed by atoms with Gasteiger partial charge in [-0.1, -0.05) is 17.7 Å². The van der Waals surface area contributed by atoms with Crippen molar-refractivity contribution in [1.82, 2.24) is 5.32 Å². The first kappa shape index (κ1) is 29.7. The van der Waals surface area contributed by atoms with Crippen LogP contribution in [0.25, 0.3) is 0 Å². The Kier molecular flexibility index (Phi) is 7.76. The third-order valence-corrected chi connectivity index (χ3v) is 11.1. The molecule has 0 saturated heterocycles. The van der Waals surface area contributed by atoms with E-state index in [4.69, 9.17) is 26.8 Å². The first-order chi connectivity index (χ1) is 18.5. The molecule has 1 aromatic rings. The average molecular weight is 594 g/mol. The maximum absolute atomic E-state index is 12.7. The molecule has 9 rings (SSSR count). The van der Waals surface area contributed by atoms with Gasteiger partial charge in [0.15, 0.2) is 0 Å². The van der Waals surface area contributed by atoms with Crippen LogP contribution in [0.5, 0.6) is 0 Å². The third kappa shape index (κ3) is 5.15. The molecule has 220 valence electrons. The van der Waals surface area contributed by atoms with Crippen LogP contribution in [0.2, 0.25) is 5.02 Å². The highest BCUT2D eigenvalue weighted by Crippen LogP contribution is 2.62. The maximum atomic E-state index is 12.7. The molecule has 4 unspecified atom stereocenters. The monoisotopic (exact) mass is 592 g/mol. The minimum absolute atomic E-state index is 0. The second-order valence-electron chi connectivity index (χ2n) is 14.1. The van der Waals surface area contributed by atoms with Gasteiger partial charge in [-0.15, -0.1) is 12.4 Å². The van der Waals surface area contributed by atoms with Gasteiger partial charge in [0.1, 0.15) is 0 Å². The molecule has 0 heterocycles. The van der Waals surface area contributed by atoms with E-state index in [1.54, 1.807) is 24.3 Å². The van der Waals surface area contributed by atoms with E-state index in [1.165, 1.54) is 27.1 Å². The fourth-order valence-electron chi connectivity index (χ4n) is 10.6. The molecular formula is C31H42Cl2N2O5. The van der Waals surface area contributed by atoms with Crippen molar-refractivity contribution in [2.45, 2.75) is 88.1 Å². The summed E-state index contributed by atoms with van der Waals surface area (Å²) < 4.78 is 10.1. The Hall–Kier alpha value is -1.83. The van der Waals surface area contributed by atoms with E-state index >= 15 is 0 Å².